The molecule has 1 heterocycles. The third-order valence-electron chi connectivity index (χ3n) is 4.00. The minimum Gasteiger partial charge on any atom is -0.489 e. The number of nitrogens with zero attached hydrogens (tertiary/aromatic N) is 2. The summed E-state index contributed by atoms with van der Waals surface area (Å²) in [5.41, 5.74) is 10.4. The van der Waals surface area contributed by atoms with Crippen molar-refractivity contribution >= 4 is 49.7 Å². The maximum absolute atomic E-state index is 11.6. The van der Waals surface area contributed by atoms with Crippen molar-refractivity contribution in [1.82, 2.24) is 4.98 Å². The normalized spacial score (nSPS) is 10.9. The Bertz CT molecular complexity index is 1070. The molecular formula is C21H24N4O2S. The van der Waals surface area contributed by atoms with Crippen LogP contribution in [0, 0.1) is 6.92 Å². The molecule has 0 radical (unpaired) electrons. The molecule has 7 heteroatoms. The average Bonchev–Trinajstić information content (AvgIpc) is 3.01. The number of benzene rings is 2. The van der Waals surface area contributed by atoms with E-state index in [0.717, 1.165) is 27.2 Å². The SMILES string of the molecule is CC(C)=Nc1ccc2sc(Nc3cc(C(N)=O)ccc3OC(C)C)nc2c1C. The average molecular weight is 397 g/mol. The van der Waals surface area contributed by atoms with Crippen LogP contribution >= 0.6 is 11.3 Å². The van der Waals surface area contributed by atoms with E-state index in [-0.39, 0.29) is 6.10 Å². The second-order valence-electron chi connectivity index (χ2n) is 7.00. The Balaban J connectivity index is 2.02. The van der Waals surface area contributed by atoms with Gasteiger partial charge >= 0.3 is 0 Å². The number of anilines is 2. The molecule has 3 N–H and O–H groups in total. The first-order valence-corrected chi connectivity index (χ1v) is 9.86. The fraction of sp³-hybridized carbons (Fsp3) is 0.286. The van der Waals surface area contributed by atoms with Crippen LogP contribution in [0.25, 0.3) is 10.2 Å². The molecule has 146 valence electrons. The lowest BCUT2D eigenvalue weighted by molar-refractivity contribution is 0.100. The quantitative estimate of drug-likeness (QED) is 0.550. The number of nitrogens with two attached hydrogens (primary N) is 1. The van der Waals surface area contributed by atoms with Crippen molar-refractivity contribution in [2.24, 2.45) is 10.7 Å². The van der Waals surface area contributed by atoms with Gasteiger partial charge in [-0.1, -0.05) is 11.3 Å². The number of aryl methyl sites for hydroxylation is 1. The molecule has 0 bridgehead atoms. The summed E-state index contributed by atoms with van der Waals surface area (Å²) in [6.45, 7) is 9.86. The number of hydrogen-bond donors (Lipinski definition) is 2. The van der Waals surface area contributed by atoms with E-state index in [4.69, 9.17) is 15.5 Å². The first-order valence-electron chi connectivity index (χ1n) is 9.04. The number of amides is 1. The monoisotopic (exact) mass is 396 g/mol. The highest BCUT2D eigenvalue weighted by molar-refractivity contribution is 7.22. The van der Waals surface area contributed by atoms with Gasteiger partial charge in [-0.05, 0) is 65.0 Å². The summed E-state index contributed by atoms with van der Waals surface area (Å²) in [5.74, 6) is 0.152. The van der Waals surface area contributed by atoms with Crippen molar-refractivity contribution in [1.29, 1.82) is 0 Å². The van der Waals surface area contributed by atoms with Gasteiger partial charge in [0.1, 0.15) is 5.75 Å². The zero-order valence-electron chi connectivity index (χ0n) is 16.7. The van der Waals surface area contributed by atoms with Gasteiger partial charge in [0.05, 0.1) is 27.7 Å². The lowest BCUT2D eigenvalue weighted by Crippen LogP contribution is -2.12. The van der Waals surface area contributed by atoms with E-state index < -0.39 is 5.91 Å². The first kappa shape index (κ1) is 19.8. The number of nitrogens with one attached hydrogen (secondary N) is 1. The highest BCUT2D eigenvalue weighted by Crippen LogP contribution is 2.36. The van der Waals surface area contributed by atoms with E-state index in [2.05, 4.69) is 10.3 Å². The predicted molar refractivity (Wildman–Crippen MR) is 117 cm³/mol. The van der Waals surface area contributed by atoms with Crippen LogP contribution in [0.15, 0.2) is 35.3 Å². The molecule has 0 atom stereocenters. The first-order chi connectivity index (χ1) is 13.2. The molecule has 0 aliphatic rings. The van der Waals surface area contributed by atoms with E-state index in [0.29, 0.717) is 22.1 Å². The number of hydrogen-bond acceptors (Lipinski definition) is 6. The van der Waals surface area contributed by atoms with Crippen molar-refractivity contribution in [3.63, 3.8) is 0 Å². The summed E-state index contributed by atoms with van der Waals surface area (Å²) in [4.78, 5) is 20.9. The van der Waals surface area contributed by atoms with Crippen molar-refractivity contribution in [3.8, 4) is 5.75 Å². The molecule has 3 aromatic rings. The number of thiazole rings is 1. The number of rotatable bonds is 6. The van der Waals surface area contributed by atoms with Gasteiger partial charge in [-0.2, -0.15) is 0 Å². The van der Waals surface area contributed by atoms with Gasteiger partial charge in [-0.25, -0.2) is 4.98 Å². The Morgan fingerprint density at radius 3 is 2.64 bits per heavy atom. The molecule has 1 aromatic heterocycles. The zero-order valence-corrected chi connectivity index (χ0v) is 17.5. The number of primary amides is 1. The molecule has 0 unspecified atom stereocenters. The van der Waals surface area contributed by atoms with Crippen LogP contribution in [0.2, 0.25) is 0 Å². The number of carbonyl (C=O) groups is 1. The summed E-state index contributed by atoms with van der Waals surface area (Å²) in [5, 5.41) is 4.00. The minimum absolute atomic E-state index is 0.00436. The van der Waals surface area contributed by atoms with E-state index in [1.165, 1.54) is 11.3 Å². The van der Waals surface area contributed by atoms with E-state index in [9.17, 15) is 4.79 Å². The Hall–Kier alpha value is -2.93. The van der Waals surface area contributed by atoms with E-state index >= 15 is 0 Å². The number of carbonyl (C=O) groups excluding carboxylic acids is 1. The smallest absolute Gasteiger partial charge is 0.248 e. The van der Waals surface area contributed by atoms with Crippen molar-refractivity contribution in [2.75, 3.05) is 5.32 Å². The summed E-state index contributed by atoms with van der Waals surface area (Å²) in [6, 6.07) is 9.13. The number of aliphatic imine (C=N–C) groups is 1. The number of aromatic nitrogens is 1. The Kier molecular flexibility index (Phi) is 5.65. The molecule has 0 spiro atoms. The second-order valence-corrected chi connectivity index (χ2v) is 8.03. The van der Waals surface area contributed by atoms with Crippen LogP contribution in [-0.2, 0) is 0 Å². The maximum Gasteiger partial charge on any atom is 0.248 e. The molecule has 0 fully saturated rings. The third kappa shape index (κ3) is 4.31. The summed E-state index contributed by atoms with van der Waals surface area (Å²) >= 11 is 1.53. The van der Waals surface area contributed by atoms with Crippen molar-refractivity contribution in [2.45, 2.75) is 40.7 Å². The van der Waals surface area contributed by atoms with E-state index in [1.54, 1.807) is 18.2 Å². The van der Waals surface area contributed by atoms with Crippen LogP contribution in [0.4, 0.5) is 16.5 Å². The summed E-state index contributed by atoms with van der Waals surface area (Å²) in [6.07, 6.45) is -0.00436. The molecular weight excluding hydrogens is 372 g/mol. The predicted octanol–water partition coefficient (Wildman–Crippen LogP) is 5.35. The lowest BCUT2D eigenvalue weighted by atomic mass is 10.1. The van der Waals surface area contributed by atoms with Crippen molar-refractivity contribution < 1.29 is 9.53 Å². The Morgan fingerprint density at radius 1 is 1.25 bits per heavy atom. The van der Waals surface area contributed by atoms with Gasteiger partial charge < -0.3 is 15.8 Å². The number of ether oxygens (including phenoxy) is 1. The van der Waals surface area contributed by atoms with Gasteiger partial charge in [-0.15, -0.1) is 0 Å². The standard InChI is InChI=1S/C21H24N4O2S/c1-11(2)23-15-7-9-18-19(13(15)5)25-21(28-18)24-16-10-14(20(22)26)6-8-17(16)27-12(3)4/h6-10,12H,1-5H3,(H2,22,26)(H,24,25). The lowest BCUT2D eigenvalue weighted by Gasteiger charge is -2.15. The molecule has 1 amide bonds. The molecule has 0 aliphatic carbocycles. The molecule has 6 nitrogen and oxygen atoms in total. The minimum atomic E-state index is -0.489. The Labute approximate surface area is 168 Å². The molecule has 0 aliphatic heterocycles. The number of fused-ring (bicyclic) bond motifs is 1. The second kappa shape index (κ2) is 7.98. The van der Waals surface area contributed by atoms with Gasteiger partial charge in [0.25, 0.3) is 0 Å². The van der Waals surface area contributed by atoms with Gasteiger partial charge in [0, 0.05) is 16.8 Å². The summed E-state index contributed by atoms with van der Waals surface area (Å²) < 4.78 is 6.92. The summed E-state index contributed by atoms with van der Waals surface area (Å²) in [7, 11) is 0. The fourth-order valence-electron chi connectivity index (χ4n) is 2.78. The van der Waals surface area contributed by atoms with Crippen molar-refractivity contribution in [3.05, 3.63) is 41.5 Å². The van der Waals surface area contributed by atoms with Crippen LogP contribution in [0.5, 0.6) is 5.75 Å². The Morgan fingerprint density at radius 2 is 2.00 bits per heavy atom. The maximum atomic E-state index is 11.6. The molecule has 2 aromatic carbocycles. The van der Waals surface area contributed by atoms with Gasteiger partial charge in [0.15, 0.2) is 5.13 Å². The molecule has 28 heavy (non-hydrogen) atoms. The van der Waals surface area contributed by atoms with Crippen LogP contribution in [0.1, 0.15) is 43.6 Å². The molecule has 0 saturated carbocycles. The van der Waals surface area contributed by atoms with Gasteiger partial charge in [-0.3, -0.25) is 9.79 Å². The van der Waals surface area contributed by atoms with E-state index in [1.807, 2.05) is 46.8 Å². The van der Waals surface area contributed by atoms with Gasteiger partial charge in [0.2, 0.25) is 5.91 Å². The highest BCUT2D eigenvalue weighted by Gasteiger charge is 2.14. The fourth-order valence-corrected chi connectivity index (χ4v) is 3.72. The van der Waals surface area contributed by atoms with Crippen LogP contribution in [0.3, 0.4) is 0 Å². The highest BCUT2D eigenvalue weighted by atomic mass is 32.1. The molecule has 0 saturated heterocycles. The largest absolute Gasteiger partial charge is 0.489 e. The third-order valence-corrected chi connectivity index (χ3v) is 4.93. The topological polar surface area (TPSA) is 89.6 Å². The zero-order chi connectivity index (χ0) is 20.4. The van der Waals surface area contributed by atoms with Crippen LogP contribution in [-0.4, -0.2) is 22.7 Å². The van der Waals surface area contributed by atoms with Crippen LogP contribution < -0.4 is 15.8 Å². The molecule has 3 rings (SSSR count).